The smallest absolute Gasteiger partial charge is 0.139 e. The molecular weight excluding hydrogens is 173 g/mol. The maximum absolute atomic E-state index is 13.1. The Morgan fingerprint density at radius 3 is 2.92 bits per heavy atom. The van der Waals surface area contributed by atoms with Crippen molar-refractivity contribution in [1.82, 2.24) is 0 Å². The minimum atomic E-state index is -0.309. The van der Waals surface area contributed by atoms with E-state index in [4.69, 9.17) is 5.26 Å². The molecule has 0 unspecified atom stereocenters. The van der Waals surface area contributed by atoms with Gasteiger partial charge < -0.3 is 0 Å². The summed E-state index contributed by atoms with van der Waals surface area (Å²) in [7, 11) is 0. The van der Waals surface area contributed by atoms with Crippen LogP contribution >= 0.6 is 12.6 Å². The van der Waals surface area contributed by atoms with Crippen LogP contribution < -0.4 is 0 Å². The third-order valence-electron chi connectivity index (χ3n) is 1.56. The number of nitrogens with zero attached hydrogens (tertiary/aromatic N) is 1. The highest BCUT2D eigenvalue weighted by Crippen LogP contribution is 2.17. The third-order valence-corrected chi connectivity index (χ3v) is 1.91. The minimum Gasteiger partial charge on any atom is -0.205 e. The van der Waals surface area contributed by atoms with Gasteiger partial charge in [0.2, 0.25) is 0 Å². The first-order valence-corrected chi connectivity index (χ1v) is 4.03. The van der Waals surface area contributed by atoms with Gasteiger partial charge in [-0.3, -0.25) is 0 Å². The lowest BCUT2D eigenvalue weighted by Gasteiger charge is -2.01. The van der Waals surface area contributed by atoms with Gasteiger partial charge in [-0.05, 0) is 18.1 Å². The van der Waals surface area contributed by atoms with Crippen LogP contribution in [0.1, 0.15) is 12.0 Å². The van der Waals surface area contributed by atoms with Gasteiger partial charge in [-0.2, -0.15) is 5.26 Å². The number of aryl methyl sites for hydroxylation is 1. The van der Waals surface area contributed by atoms with Crippen molar-refractivity contribution in [2.24, 2.45) is 0 Å². The minimum absolute atomic E-state index is 0.309. The lowest BCUT2D eigenvalue weighted by Crippen LogP contribution is -1.90. The zero-order valence-corrected chi connectivity index (χ0v) is 7.31. The molecule has 12 heavy (non-hydrogen) atoms. The molecule has 0 aliphatic heterocycles. The first-order valence-electron chi connectivity index (χ1n) is 3.59. The van der Waals surface area contributed by atoms with E-state index in [1.807, 2.05) is 6.07 Å². The number of benzene rings is 1. The van der Waals surface area contributed by atoms with Crippen LogP contribution in [-0.4, -0.2) is 0 Å². The van der Waals surface area contributed by atoms with E-state index in [0.29, 0.717) is 23.3 Å². The van der Waals surface area contributed by atoms with E-state index in [9.17, 15) is 4.39 Å². The first-order chi connectivity index (χ1) is 5.75. The van der Waals surface area contributed by atoms with Crippen LogP contribution in [0.4, 0.5) is 4.39 Å². The molecule has 0 aliphatic carbocycles. The van der Waals surface area contributed by atoms with Crippen LogP contribution in [0.25, 0.3) is 0 Å². The fourth-order valence-electron chi connectivity index (χ4n) is 0.950. The molecule has 0 heterocycles. The average Bonchev–Trinajstić information content (AvgIpc) is 2.08. The largest absolute Gasteiger partial charge is 0.205 e. The molecule has 1 rings (SSSR count). The van der Waals surface area contributed by atoms with Gasteiger partial charge in [-0.15, -0.1) is 12.6 Å². The van der Waals surface area contributed by atoms with Crippen molar-refractivity contribution >= 4 is 12.6 Å². The zero-order valence-electron chi connectivity index (χ0n) is 6.42. The molecule has 0 aliphatic rings. The SMILES string of the molecule is N#CCCc1cccc(S)c1F. The van der Waals surface area contributed by atoms with E-state index in [2.05, 4.69) is 12.6 Å². The fourth-order valence-corrected chi connectivity index (χ4v) is 1.18. The van der Waals surface area contributed by atoms with E-state index in [-0.39, 0.29) is 5.82 Å². The van der Waals surface area contributed by atoms with Crippen LogP contribution in [0.5, 0.6) is 0 Å². The molecule has 1 nitrogen and oxygen atoms in total. The normalized spacial score (nSPS) is 9.42. The number of hydrogen-bond donors (Lipinski definition) is 1. The highest BCUT2D eigenvalue weighted by Gasteiger charge is 2.03. The van der Waals surface area contributed by atoms with Gasteiger partial charge in [-0.25, -0.2) is 4.39 Å². The van der Waals surface area contributed by atoms with Gasteiger partial charge >= 0.3 is 0 Å². The lowest BCUT2D eigenvalue weighted by atomic mass is 10.1. The van der Waals surface area contributed by atoms with Crippen LogP contribution in [0.2, 0.25) is 0 Å². The molecule has 0 fully saturated rings. The predicted octanol–water partition coefficient (Wildman–Crippen LogP) is 2.57. The molecule has 0 saturated heterocycles. The Bertz CT molecular complexity index is 317. The van der Waals surface area contributed by atoms with Gasteiger partial charge in [-0.1, -0.05) is 12.1 Å². The Balaban J connectivity index is 2.86. The molecule has 0 saturated carbocycles. The number of rotatable bonds is 2. The summed E-state index contributed by atoms with van der Waals surface area (Å²) in [6.07, 6.45) is 0.797. The maximum atomic E-state index is 13.1. The van der Waals surface area contributed by atoms with Gasteiger partial charge in [0.25, 0.3) is 0 Å². The second kappa shape index (κ2) is 4.13. The summed E-state index contributed by atoms with van der Waals surface area (Å²) in [6, 6.07) is 6.97. The monoisotopic (exact) mass is 181 g/mol. The molecule has 0 N–H and O–H groups in total. The molecule has 0 spiro atoms. The molecular formula is C9H8FNS. The summed E-state index contributed by atoms with van der Waals surface area (Å²) in [6.45, 7) is 0. The molecule has 0 aromatic heterocycles. The summed E-state index contributed by atoms with van der Waals surface area (Å²) < 4.78 is 13.1. The van der Waals surface area contributed by atoms with E-state index in [1.165, 1.54) is 0 Å². The Morgan fingerprint density at radius 1 is 1.50 bits per heavy atom. The van der Waals surface area contributed by atoms with Crippen molar-refractivity contribution in [3.05, 3.63) is 29.6 Å². The Hall–Kier alpha value is -1.01. The molecule has 3 heteroatoms. The second-order valence-corrected chi connectivity index (χ2v) is 2.89. The van der Waals surface area contributed by atoms with Crippen molar-refractivity contribution in [3.8, 4) is 6.07 Å². The molecule has 0 atom stereocenters. The predicted molar refractivity (Wildman–Crippen MR) is 47.6 cm³/mol. The van der Waals surface area contributed by atoms with E-state index < -0.39 is 0 Å². The third kappa shape index (κ3) is 1.99. The van der Waals surface area contributed by atoms with Crippen molar-refractivity contribution in [1.29, 1.82) is 5.26 Å². The zero-order chi connectivity index (χ0) is 8.97. The fraction of sp³-hybridized carbons (Fsp3) is 0.222. The van der Waals surface area contributed by atoms with Gasteiger partial charge in [0, 0.05) is 11.3 Å². The number of thiol groups is 1. The van der Waals surface area contributed by atoms with Crippen LogP contribution in [0.15, 0.2) is 23.1 Å². The molecule has 0 bridgehead atoms. The quantitative estimate of drug-likeness (QED) is 0.696. The molecule has 0 radical (unpaired) electrons. The Kier molecular flexibility index (Phi) is 3.12. The molecule has 62 valence electrons. The van der Waals surface area contributed by atoms with Crippen LogP contribution in [0.3, 0.4) is 0 Å². The number of nitriles is 1. The summed E-state index contributed by atoms with van der Waals surface area (Å²) >= 11 is 3.93. The topological polar surface area (TPSA) is 23.8 Å². The molecule has 1 aromatic rings. The van der Waals surface area contributed by atoms with Gasteiger partial charge in [0.05, 0.1) is 6.07 Å². The second-order valence-electron chi connectivity index (χ2n) is 2.41. The first kappa shape index (κ1) is 9.08. The summed E-state index contributed by atoms with van der Waals surface area (Å²) in [5, 5.41) is 8.30. The number of hydrogen-bond acceptors (Lipinski definition) is 2. The molecule has 1 aromatic carbocycles. The van der Waals surface area contributed by atoms with E-state index in [0.717, 1.165) is 0 Å². The summed E-state index contributed by atoms with van der Waals surface area (Å²) in [5.74, 6) is -0.309. The van der Waals surface area contributed by atoms with Crippen LogP contribution in [-0.2, 0) is 6.42 Å². The van der Waals surface area contributed by atoms with Gasteiger partial charge in [0.15, 0.2) is 0 Å². The number of halogens is 1. The van der Waals surface area contributed by atoms with E-state index >= 15 is 0 Å². The highest BCUT2D eigenvalue weighted by molar-refractivity contribution is 7.80. The Labute approximate surface area is 76.2 Å². The highest BCUT2D eigenvalue weighted by atomic mass is 32.1. The molecule has 0 amide bonds. The lowest BCUT2D eigenvalue weighted by molar-refractivity contribution is 0.585. The van der Waals surface area contributed by atoms with Crippen molar-refractivity contribution < 1.29 is 4.39 Å². The van der Waals surface area contributed by atoms with Gasteiger partial charge in [0.1, 0.15) is 5.82 Å². The standard InChI is InChI=1S/C9H8FNS/c10-9-7(4-2-6-11)3-1-5-8(9)12/h1,3,5,12H,2,4H2. The van der Waals surface area contributed by atoms with Crippen LogP contribution in [0, 0.1) is 17.1 Å². The average molecular weight is 181 g/mol. The summed E-state index contributed by atoms with van der Waals surface area (Å²) in [4.78, 5) is 0.338. The van der Waals surface area contributed by atoms with E-state index in [1.54, 1.807) is 18.2 Å². The Morgan fingerprint density at radius 2 is 2.25 bits per heavy atom. The maximum Gasteiger partial charge on any atom is 0.139 e. The van der Waals surface area contributed by atoms with Crippen molar-refractivity contribution in [2.75, 3.05) is 0 Å². The van der Waals surface area contributed by atoms with Crippen molar-refractivity contribution in [3.63, 3.8) is 0 Å². The summed E-state index contributed by atoms with van der Waals surface area (Å²) in [5.41, 5.74) is 0.559. The van der Waals surface area contributed by atoms with Crippen molar-refractivity contribution in [2.45, 2.75) is 17.7 Å².